The van der Waals surface area contributed by atoms with Crippen LogP contribution in [0.5, 0.6) is 5.75 Å². The standard InChI is InChI=1S/C17H20N2O4S2.Na/c1-2-3-12-23-15-8-4-13(5-9-15)18-17(24)19-14-6-10-16(11-7-14)25(20,21)22;/h4-11H,2-3,12H2,1H3,(H2,18,19,24)(H,20,21,22);/q;+1/p-1. The van der Waals surface area contributed by atoms with Crippen molar-refractivity contribution >= 4 is 38.8 Å². The van der Waals surface area contributed by atoms with Gasteiger partial charge in [0.25, 0.3) is 0 Å². The molecule has 6 nitrogen and oxygen atoms in total. The van der Waals surface area contributed by atoms with Gasteiger partial charge in [-0.05, 0) is 67.2 Å². The van der Waals surface area contributed by atoms with Crippen LogP contribution in [0.4, 0.5) is 11.4 Å². The van der Waals surface area contributed by atoms with Crippen LogP contribution in [-0.4, -0.2) is 24.7 Å². The van der Waals surface area contributed by atoms with Crippen LogP contribution < -0.4 is 44.9 Å². The van der Waals surface area contributed by atoms with Crippen LogP contribution in [0.3, 0.4) is 0 Å². The first kappa shape index (κ1) is 22.9. The Morgan fingerprint density at radius 2 is 1.54 bits per heavy atom. The molecule has 2 N–H and O–H groups in total. The van der Waals surface area contributed by atoms with E-state index in [-0.39, 0.29) is 34.5 Å². The van der Waals surface area contributed by atoms with Crippen molar-refractivity contribution in [3.8, 4) is 5.75 Å². The largest absolute Gasteiger partial charge is 1.00 e. The zero-order valence-corrected chi connectivity index (χ0v) is 18.3. The van der Waals surface area contributed by atoms with Crippen LogP contribution in [0.1, 0.15) is 19.8 Å². The van der Waals surface area contributed by atoms with Gasteiger partial charge in [-0.3, -0.25) is 0 Å². The van der Waals surface area contributed by atoms with E-state index >= 15 is 0 Å². The molecule has 26 heavy (non-hydrogen) atoms. The Balaban J connectivity index is 0.00000338. The normalized spacial score (nSPS) is 10.5. The van der Waals surface area contributed by atoms with Gasteiger partial charge in [0.15, 0.2) is 5.11 Å². The van der Waals surface area contributed by atoms with Crippen LogP contribution in [0.25, 0.3) is 0 Å². The maximum atomic E-state index is 10.9. The molecule has 0 unspecified atom stereocenters. The smallest absolute Gasteiger partial charge is 0.744 e. The second kappa shape index (κ2) is 10.9. The molecule has 134 valence electrons. The number of ether oxygens (including phenoxy) is 1. The van der Waals surface area contributed by atoms with Gasteiger partial charge in [-0.25, -0.2) is 8.42 Å². The van der Waals surface area contributed by atoms with Gasteiger partial charge in [0.05, 0.1) is 11.5 Å². The molecule has 0 radical (unpaired) electrons. The van der Waals surface area contributed by atoms with E-state index < -0.39 is 10.1 Å². The maximum Gasteiger partial charge on any atom is 1.00 e. The number of thiocarbonyl (C=S) groups is 1. The van der Waals surface area contributed by atoms with Gasteiger partial charge < -0.3 is 19.9 Å². The van der Waals surface area contributed by atoms with Crippen LogP contribution in [-0.2, 0) is 10.1 Å². The molecule has 0 aliphatic heterocycles. The number of nitrogens with one attached hydrogen (secondary N) is 2. The Kier molecular flexibility index (Phi) is 9.56. The third kappa shape index (κ3) is 7.61. The molecule has 2 aromatic carbocycles. The van der Waals surface area contributed by atoms with Crippen molar-refractivity contribution in [2.24, 2.45) is 0 Å². The van der Waals surface area contributed by atoms with Crippen molar-refractivity contribution in [2.45, 2.75) is 24.7 Å². The van der Waals surface area contributed by atoms with E-state index in [4.69, 9.17) is 17.0 Å². The molecule has 9 heteroatoms. The van der Waals surface area contributed by atoms with E-state index in [9.17, 15) is 13.0 Å². The third-order valence-electron chi connectivity index (χ3n) is 3.28. The number of unbranched alkanes of at least 4 members (excludes halogenated alkanes) is 1. The van der Waals surface area contributed by atoms with Crippen molar-refractivity contribution in [2.75, 3.05) is 17.2 Å². The summed E-state index contributed by atoms with van der Waals surface area (Å²) in [6.45, 7) is 2.80. The van der Waals surface area contributed by atoms with Gasteiger partial charge in [0.2, 0.25) is 0 Å². The minimum atomic E-state index is -4.45. The molecule has 0 aliphatic rings. The van der Waals surface area contributed by atoms with E-state index in [1.807, 2.05) is 24.3 Å². The summed E-state index contributed by atoms with van der Waals surface area (Å²) >= 11 is 5.21. The Hall–Kier alpha value is -1.16. The fraction of sp³-hybridized carbons (Fsp3) is 0.235. The Bertz CT molecular complexity index is 810. The average molecular weight is 402 g/mol. The average Bonchev–Trinajstić information content (AvgIpc) is 2.56. The molecule has 2 aromatic rings. The fourth-order valence-electron chi connectivity index (χ4n) is 1.97. The summed E-state index contributed by atoms with van der Waals surface area (Å²) in [6.07, 6.45) is 2.10. The summed E-state index contributed by atoms with van der Waals surface area (Å²) in [7, 11) is -4.45. The topological polar surface area (TPSA) is 90.5 Å². The molecule has 0 saturated carbocycles. The quantitative estimate of drug-likeness (QED) is 0.303. The van der Waals surface area contributed by atoms with Crippen LogP contribution in [0.2, 0.25) is 0 Å². The van der Waals surface area contributed by atoms with E-state index in [1.165, 1.54) is 24.3 Å². The summed E-state index contributed by atoms with van der Waals surface area (Å²) in [5.74, 6) is 0.798. The number of hydrogen-bond donors (Lipinski definition) is 2. The van der Waals surface area contributed by atoms with Crippen molar-refractivity contribution < 1.29 is 47.3 Å². The molecule has 0 aromatic heterocycles. The van der Waals surface area contributed by atoms with E-state index in [0.717, 1.165) is 24.3 Å². The minimum absolute atomic E-state index is 0. The summed E-state index contributed by atoms with van der Waals surface area (Å²) in [4.78, 5) is -0.282. The number of anilines is 2. The van der Waals surface area contributed by atoms with E-state index in [0.29, 0.717) is 17.4 Å². The van der Waals surface area contributed by atoms with Gasteiger partial charge in [-0.1, -0.05) is 13.3 Å². The predicted octanol–water partition coefficient (Wildman–Crippen LogP) is 0.583. The summed E-state index contributed by atoms with van der Waals surface area (Å²) in [5, 5.41) is 6.28. The molecular formula is C17H19N2NaO4S2. The SMILES string of the molecule is CCCCOc1ccc(NC(=S)Nc2ccc(S(=O)(=O)[O-])cc2)cc1.[Na+]. The molecule has 0 aliphatic carbocycles. The zero-order chi connectivity index (χ0) is 18.3. The van der Waals surface area contributed by atoms with Crippen LogP contribution >= 0.6 is 12.2 Å². The maximum absolute atomic E-state index is 10.9. The number of rotatable bonds is 7. The number of benzene rings is 2. The van der Waals surface area contributed by atoms with Crippen molar-refractivity contribution in [1.82, 2.24) is 0 Å². The van der Waals surface area contributed by atoms with Gasteiger partial charge in [-0.15, -0.1) is 0 Å². The fourth-order valence-corrected chi connectivity index (χ4v) is 2.67. The minimum Gasteiger partial charge on any atom is -0.744 e. The first-order valence-electron chi connectivity index (χ1n) is 7.75. The second-order valence-corrected chi connectivity index (χ2v) is 7.07. The zero-order valence-electron chi connectivity index (χ0n) is 14.7. The van der Waals surface area contributed by atoms with Crippen LogP contribution in [0, 0.1) is 0 Å². The molecule has 0 atom stereocenters. The monoisotopic (exact) mass is 402 g/mol. The van der Waals surface area contributed by atoms with Gasteiger partial charge in [-0.2, -0.15) is 0 Å². The van der Waals surface area contributed by atoms with E-state index in [2.05, 4.69) is 17.6 Å². The van der Waals surface area contributed by atoms with Crippen molar-refractivity contribution in [3.05, 3.63) is 48.5 Å². The van der Waals surface area contributed by atoms with Crippen molar-refractivity contribution in [1.29, 1.82) is 0 Å². The molecule has 0 fully saturated rings. The Labute approximate surface area is 181 Å². The van der Waals surface area contributed by atoms with Gasteiger partial charge in [0.1, 0.15) is 15.9 Å². The first-order chi connectivity index (χ1) is 11.9. The van der Waals surface area contributed by atoms with Crippen LogP contribution in [0.15, 0.2) is 53.4 Å². The molecule has 0 saturated heterocycles. The number of hydrogen-bond acceptors (Lipinski definition) is 5. The summed E-state index contributed by atoms with van der Waals surface area (Å²) in [6, 6.07) is 12.8. The van der Waals surface area contributed by atoms with Gasteiger partial charge in [0, 0.05) is 11.4 Å². The molecule has 0 bridgehead atoms. The molecule has 2 rings (SSSR count). The summed E-state index contributed by atoms with van der Waals surface area (Å²) < 4.78 is 38.3. The Morgan fingerprint density at radius 1 is 1.04 bits per heavy atom. The third-order valence-corrected chi connectivity index (χ3v) is 4.33. The summed E-state index contributed by atoms with van der Waals surface area (Å²) in [5.41, 5.74) is 1.36. The molecule has 0 spiro atoms. The van der Waals surface area contributed by atoms with Gasteiger partial charge >= 0.3 is 29.6 Å². The molecule has 0 amide bonds. The molecular weight excluding hydrogens is 383 g/mol. The first-order valence-corrected chi connectivity index (χ1v) is 9.57. The Morgan fingerprint density at radius 3 is 2.00 bits per heavy atom. The van der Waals surface area contributed by atoms with E-state index in [1.54, 1.807) is 0 Å². The second-order valence-electron chi connectivity index (χ2n) is 5.28. The van der Waals surface area contributed by atoms with Crippen molar-refractivity contribution in [3.63, 3.8) is 0 Å². The predicted molar refractivity (Wildman–Crippen MR) is 101 cm³/mol. The molecule has 0 heterocycles.